The zero-order valence-corrected chi connectivity index (χ0v) is 12.7. The molecule has 1 aromatic carbocycles. The molecule has 0 saturated heterocycles. The van der Waals surface area contributed by atoms with Gasteiger partial charge in [-0.3, -0.25) is 4.79 Å². The van der Waals surface area contributed by atoms with Gasteiger partial charge in [0.2, 0.25) is 5.91 Å². The molecule has 0 heterocycles. The van der Waals surface area contributed by atoms with E-state index in [0.29, 0.717) is 6.42 Å². The van der Waals surface area contributed by atoms with E-state index in [2.05, 4.69) is 27.9 Å². The molecule has 0 spiro atoms. The molecule has 3 nitrogen and oxygen atoms in total. The molecule has 4 heteroatoms. The van der Waals surface area contributed by atoms with Crippen molar-refractivity contribution in [2.75, 3.05) is 5.32 Å². The second-order valence-electron chi connectivity index (χ2n) is 4.58. The molecule has 3 N–H and O–H groups in total. The minimum Gasteiger partial charge on any atom is -0.324 e. The van der Waals surface area contributed by atoms with Crippen LogP contribution in [-0.2, 0) is 4.79 Å². The number of hydrogen-bond acceptors (Lipinski definition) is 2. The molecule has 0 bridgehead atoms. The van der Waals surface area contributed by atoms with Gasteiger partial charge in [0, 0.05) is 9.26 Å². The highest BCUT2D eigenvalue weighted by Crippen LogP contribution is 2.19. The van der Waals surface area contributed by atoms with Gasteiger partial charge in [0.15, 0.2) is 0 Å². The standard InChI is InChI=1S/C13H19IN2O/c1-4-7-13(3,15)12(17)16-11-6-5-10(14)8-9(11)2/h5-6,8H,4,7,15H2,1-3H3,(H,16,17). The first-order valence-corrected chi connectivity index (χ1v) is 6.81. The number of carbonyl (C=O) groups excluding carboxylic acids is 1. The van der Waals surface area contributed by atoms with Crippen molar-refractivity contribution in [3.8, 4) is 0 Å². The van der Waals surface area contributed by atoms with Gasteiger partial charge >= 0.3 is 0 Å². The number of nitrogens with one attached hydrogen (secondary N) is 1. The Bertz CT molecular complexity index is 416. The Labute approximate surface area is 116 Å². The third kappa shape index (κ3) is 3.96. The van der Waals surface area contributed by atoms with Gasteiger partial charge < -0.3 is 11.1 Å². The van der Waals surface area contributed by atoms with Crippen LogP contribution < -0.4 is 11.1 Å². The normalized spacial score (nSPS) is 14.2. The van der Waals surface area contributed by atoms with Crippen LogP contribution in [0.15, 0.2) is 18.2 Å². The summed E-state index contributed by atoms with van der Waals surface area (Å²) in [7, 11) is 0. The molecule has 0 radical (unpaired) electrons. The largest absolute Gasteiger partial charge is 0.324 e. The number of aryl methyl sites for hydroxylation is 1. The predicted molar refractivity (Wildman–Crippen MR) is 80.0 cm³/mol. The molecule has 94 valence electrons. The van der Waals surface area contributed by atoms with Crippen LogP contribution in [0.3, 0.4) is 0 Å². The predicted octanol–water partition coefficient (Wildman–Crippen LogP) is 3.06. The molecule has 1 aromatic rings. The molecule has 0 saturated carbocycles. The molecule has 1 amide bonds. The SMILES string of the molecule is CCCC(C)(N)C(=O)Nc1ccc(I)cc1C. The molecular formula is C13H19IN2O. The van der Waals surface area contributed by atoms with E-state index >= 15 is 0 Å². The zero-order valence-electron chi connectivity index (χ0n) is 10.5. The summed E-state index contributed by atoms with van der Waals surface area (Å²) in [5.74, 6) is -0.122. The van der Waals surface area contributed by atoms with Gasteiger partial charge in [-0.1, -0.05) is 13.3 Å². The quantitative estimate of drug-likeness (QED) is 0.824. The summed E-state index contributed by atoms with van der Waals surface area (Å²) < 4.78 is 1.15. The third-order valence-electron chi connectivity index (χ3n) is 2.72. The first-order valence-electron chi connectivity index (χ1n) is 5.73. The fraction of sp³-hybridized carbons (Fsp3) is 0.462. The maximum atomic E-state index is 12.0. The number of amides is 1. The van der Waals surface area contributed by atoms with E-state index in [1.54, 1.807) is 6.92 Å². The van der Waals surface area contributed by atoms with E-state index in [0.717, 1.165) is 21.2 Å². The highest BCUT2D eigenvalue weighted by atomic mass is 127. The van der Waals surface area contributed by atoms with Gasteiger partial charge in [0.25, 0.3) is 0 Å². The lowest BCUT2D eigenvalue weighted by Gasteiger charge is -2.23. The van der Waals surface area contributed by atoms with E-state index in [-0.39, 0.29) is 5.91 Å². The van der Waals surface area contributed by atoms with Crippen LogP contribution in [0.25, 0.3) is 0 Å². The Balaban J connectivity index is 2.81. The van der Waals surface area contributed by atoms with E-state index in [9.17, 15) is 4.79 Å². The number of benzene rings is 1. The van der Waals surface area contributed by atoms with Crippen molar-refractivity contribution in [2.45, 2.75) is 39.2 Å². The fourth-order valence-electron chi connectivity index (χ4n) is 1.67. The Kier molecular flexibility index (Phi) is 4.94. The van der Waals surface area contributed by atoms with Gasteiger partial charge in [-0.2, -0.15) is 0 Å². The maximum Gasteiger partial charge on any atom is 0.244 e. The maximum absolute atomic E-state index is 12.0. The van der Waals surface area contributed by atoms with Crippen molar-refractivity contribution in [3.05, 3.63) is 27.3 Å². The summed E-state index contributed by atoms with van der Waals surface area (Å²) in [5.41, 5.74) is 7.07. The molecule has 1 unspecified atom stereocenters. The number of rotatable bonds is 4. The Morgan fingerprint density at radius 2 is 2.18 bits per heavy atom. The average molecular weight is 346 g/mol. The molecule has 17 heavy (non-hydrogen) atoms. The van der Waals surface area contributed by atoms with Crippen molar-refractivity contribution in [3.63, 3.8) is 0 Å². The lowest BCUT2D eigenvalue weighted by atomic mass is 9.96. The second kappa shape index (κ2) is 5.82. The van der Waals surface area contributed by atoms with Crippen LogP contribution in [0.1, 0.15) is 32.3 Å². The molecule has 1 atom stereocenters. The van der Waals surface area contributed by atoms with E-state index in [1.165, 1.54) is 0 Å². The summed E-state index contributed by atoms with van der Waals surface area (Å²) in [6.07, 6.45) is 1.58. The van der Waals surface area contributed by atoms with Crippen LogP contribution in [-0.4, -0.2) is 11.4 Å². The number of carbonyl (C=O) groups is 1. The van der Waals surface area contributed by atoms with Crippen molar-refractivity contribution in [2.24, 2.45) is 5.73 Å². The number of halogens is 1. The van der Waals surface area contributed by atoms with Crippen LogP contribution in [0.4, 0.5) is 5.69 Å². The van der Waals surface area contributed by atoms with Gasteiger partial charge in [-0.15, -0.1) is 0 Å². The smallest absolute Gasteiger partial charge is 0.244 e. The van der Waals surface area contributed by atoms with Gasteiger partial charge in [-0.05, 0) is 66.6 Å². The summed E-state index contributed by atoms with van der Waals surface area (Å²) in [5, 5.41) is 2.90. The van der Waals surface area contributed by atoms with E-state index in [1.807, 2.05) is 32.0 Å². The van der Waals surface area contributed by atoms with Gasteiger partial charge in [0.1, 0.15) is 0 Å². The van der Waals surface area contributed by atoms with Gasteiger partial charge in [0.05, 0.1) is 5.54 Å². The molecule has 1 rings (SSSR count). The Morgan fingerprint density at radius 1 is 1.53 bits per heavy atom. The Morgan fingerprint density at radius 3 is 2.71 bits per heavy atom. The molecule has 0 fully saturated rings. The topological polar surface area (TPSA) is 55.1 Å². The summed E-state index contributed by atoms with van der Waals surface area (Å²) in [6.45, 7) is 5.77. The minimum absolute atomic E-state index is 0.122. The first-order chi connectivity index (χ1) is 7.86. The van der Waals surface area contributed by atoms with Crippen molar-refractivity contribution in [1.82, 2.24) is 0 Å². The molecule has 0 aliphatic heterocycles. The lowest BCUT2D eigenvalue weighted by molar-refractivity contribution is -0.120. The Hall–Kier alpha value is -0.620. The zero-order chi connectivity index (χ0) is 13.1. The number of nitrogens with two attached hydrogens (primary N) is 1. The number of anilines is 1. The highest BCUT2D eigenvalue weighted by Gasteiger charge is 2.27. The van der Waals surface area contributed by atoms with Crippen LogP contribution in [0.5, 0.6) is 0 Å². The summed E-state index contributed by atoms with van der Waals surface area (Å²) in [6, 6.07) is 5.91. The summed E-state index contributed by atoms with van der Waals surface area (Å²) in [4.78, 5) is 12.0. The monoisotopic (exact) mass is 346 g/mol. The second-order valence-corrected chi connectivity index (χ2v) is 5.83. The first kappa shape index (κ1) is 14.4. The molecule has 0 aliphatic carbocycles. The summed E-state index contributed by atoms with van der Waals surface area (Å²) >= 11 is 2.25. The van der Waals surface area contributed by atoms with E-state index in [4.69, 9.17) is 5.73 Å². The van der Waals surface area contributed by atoms with Crippen molar-refractivity contribution >= 4 is 34.2 Å². The number of hydrogen-bond donors (Lipinski definition) is 2. The molecule has 0 aliphatic rings. The van der Waals surface area contributed by atoms with Crippen LogP contribution >= 0.6 is 22.6 Å². The van der Waals surface area contributed by atoms with Crippen molar-refractivity contribution in [1.29, 1.82) is 0 Å². The molecule has 0 aromatic heterocycles. The third-order valence-corrected chi connectivity index (χ3v) is 3.40. The van der Waals surface area contributed by atoms with Crippen LogP contribution in [0, 0.1) is 10.5 Å². The average Bonchev–Trinajstić information content (AvgIpc) is 2.22. The van der Waals surface area contributed by atoms with E-state index < -0.39 is 5.54 Å². The fourth-order valence-corrected chi connectivity index (χ4v) is 2.31. The molecular weight excluding hydrogens is 327 g/mol. The van der Waals surface area contributed by atoms with Crippen LogP contribution in [0.2, 0.25) is 0 Å². The lowest BCUT2D eigenvalue weighted by Crippen LogP contribution is -2.48. The van der Waals surface area contributed by atoms with Gasteiger partial charge in [-0.25, -0.2) is 0 Å². The highest BCUT2D eigenvalue weighted by molar-refractivity contribution is 14.1. The van der Waals surface area contributed by atoms with Crippen molar-refractivity contribution < 1.29 is 4.79 Å². The minimum atomic E-state index is -0.801.